The minimum atomic E-state index is -4.56. The summed E-state index contributed by atoms with van der Waals surface area (Å²) >= 11 is 0. The van der Waals surface area contributed by atoms with Gasteiger partial charge in [0.25, 0.3) is 11.8 Å². The first-order valence-corrected chi connectivity index (χ1v) is 15.1. The molecule has 1 saturated heterocycles. The lowest BCUT2D eigenvalue weighted by atomic mass is 10.0. The van der Waals surface area contributed by atoms with Crippen LogP contribution in [0.4, 0.5) is 36.2 Å². The first kappa shape index (κ1) is 31.2. The second kappa shape index (κ2) is 12.9. The summed E-state index contributed by atoms with van der Waals surface area (Å²) in [5.41, 5.74) is 3.80. The van der Waals surface area contributed by atoms with Crippen molar-refractivity contribution in [2.75, 3.05) is 55.3 Å². The van der Waals surface area contributed by atoms with Gasteiger partial charge in [0.15, 0.2) is 0 Å². The van der Waals surface area contributed by atoms with Crippen molar-refractivity contribution >= 4 is 34.8 Å². The molecule has 2 amide bonds. The Morgan fingerprint density at radius 3 is 2.50 bits per heavy atom. The highest BCUT2D eigenvalue weighted by atomic mass is 19.4. The van der Waals surface area contributed by atoms with Crippen LogP contribution < -0.4 is 15.5 Å². The van der Waals surface area contributed by atoms with Gasteiger partial charge in [-0.3, -0.25) is 14.5 Å². The minimum absolute atomic E-state index is 0.122. The maximum Gasteiger partial charge on any atom is 0.416 e. The lowest BCUT2D eigenvalue weighted by Crippen LogP contribution is -2.43. The maximum absolute atomic E-state index is 13.6. The number of hydrogen-bond acceptors (Lipinski definition) is 7. The molecular formula is C34H34F3N7O2. The molecule has 4 aromatic rings. The van der Waals surface area contributed by atoms with Crippen LogP contribution in [0, 0.1) is 6.92 Å². The molecule has 6 rings (SSSR count). The molecule has 12 heteroatoms. The molecule has 2 N–H and O–H groups in total. The number of fused-ring (bicyclic) bond motifs is 1. The van der Waals surface area contributed by atoms with E-state index in [-0.39, 0.29) is 11.5 Å². The van der Waals surface area contributed by atoms with E-state index in [9.17, 15) is 22.8 Å². The molecule has 9 nitrogen and oxygen atoms in total. The molecule has 1 aromatic heterocycles. The number of carbonyl (C=O) groups excluding carboxylic acids is 2. The number of carbonyl (C=O) groups is 2. The summed E-state index contributed by atoms with van der Waals surface area (Å²) in [6.45, 7) is 7.25. The van der Waals surface area contributed by atoms with Gasteiger partial charge in [0, 0.05) is 74.5 Å². The van der Waals surface area contributed by atoms with Crippen molar-refractivity contribution in [2.24, 2.45) is 0 Å². The Bertz CT molecular complexity index is 1770. The first-order valence-electron chi connectivity index (χ1n) is 15.1. The van der Waals surface area contributed by atoms with E-state index in [0.717, 1.165) is 56.1 Å². The molecule has 0 radical (unpaired) electrons. The summed E-state index contributed by atoms with van der Waals surface area (Å²) in [6, 6.07) is 17.5. The molecule has 0 atom stereocenters. The molecule has 0 unspecified atom stereocenters. The highest BCUT2D eigenvalue weighted by molar-refractivity contribution is 6.09. The fourth-order valence-corrected chi connectivity index (χ4v) is 5.70. The molecule has 2 aliphatic heterocycles. The molecule has 0 saturated carbocycles. The largest absolute Gasteiger partial charge is 0.416 e. The maximum atomic E-state index is 13.6. The van der Waals surface area contributed by atoms with Gasteiger partial charge in [-0.05, 0) is 67.6 Å². The van der Waals surface area contributed by atoms with Gasteiger partial charge in [0.2, 0.25) is 5.95 Å². The second-order valence-corrected chi connectivity index (χ2v) is 11.7. The van der Waals surface area contributed by atoms with Crippen LogP contribution in [-0.2, 0) is 19.1 Å². The van der Waals surface area contributed by atoms with Crippen LogP contribution in [0.1, 0.15) is 43.1 Å². The smallest absolute Gasteiger partial charge is 0.324 e. The number of nitrogens with one attached hydrogen (secondary N) is 2. The highest BCUT2D eigenvalue weighted by Gasteiger charge is 2.31. The highest BCUT2D eigenvalue weighted by Crippen LogP contribution is 2.31. The topological polar surface area (TPSA) is 93.7 Å². The van der Waals surface area contributed by atoms with Gasteiger partial charge >= 0.3 is 6.18 Å². The standard InChI is InChI=1S/C34H34F3N7O2/c1-22-9-10-27(39-31(45)24-6-4-7-25(18-24)34(35,36)37)19-30(22)44-12-11-29-28(32(44)46)20-38-33(41-29)40-26-8-3-5-23(17-26)21-43-15-13-42(2)14-16-43/h3-10,17-20H,11-16,21H2,1-2H3,(H,39,45)(H,38,40,41). The predicted molar refractivity (Wildman–Crippen MR) is 170 cm³/mol. The van der Waals surface area contributed by atoms with Crippen molar-refractivity contribution in [3.05, 3.63) is 106 Å². The summed E-state index contributed by atoms with van der Waals surface area (Å²) in [5, 5.41) is 5.93. The fraction of sp³-hybridized carbons (Fsp3) is 0.294. The normalized spacial score (nSPS) is 15.8. The Hall–Kier alpha value is -4.81. The van der Waals surface area contributed by atoms with E-state index in [1.165, 1.54) is 23.9 Å². The Balaban J connectivity index is 1.14. The Morgan fingerprint density at radius 2 is 1.72 bits per heavy atom. The number of nitrogens with zero attached hydrogens (tertiary/aromatic N) is 5. The zero-order valence-corrected chi connectivity index (χ0v) is 25.6. The van der Waals surface area contributed by atoms with Crippen LogP contribution in [0.5, 0.6) is 0 Å². The first-order chi connectivity index (χ1) is 22.0. The number of piperazine rings is 1. The quantitative estimate of drug-likeness (QED) is 0.269. The molecule has 46 heavy (non-hydrogen) atoms. The van der Waals surface area contributed by atoms with Crippen LogP contribution in [0.2, 0.25) is 0 Å². The van der Waals surface area contributed by atoms with Crippen molar-refractivity contribution in [1.82, 2.24) is 19.8 Å². The van der Waals surface area contributed by atoms with Gasteiger partial charge in [0.05, 0.1) is 16.8 Å². The predicted octanol–water partition coefficient (Wildman–Crippen LogP) is 5.75. The Labute approximate surface area is 265 Å². The summed E-state index contributed by atoms with van der Waals surface area (Å²) < 4.78 is 39.4. The number of halogens is 3. The summed E-state index contributed by atoms with van der Waals surface area (Å²) in [4.78, 5) is 41.9. The number of amides is 2. The van der Waals surface area contributed by atoms with Crippen LogP contribution >= 0.6 is 0 Å². The van der Waals surface area contributed by atoms with Gasteiger partial charge in [-0.15, -0.1) is 0 Å². The van der Waals surface area contributed by atoms with Gasteiger partial charge in [-0.1, -0.05) is 24.3 Å². The van der Waals surface area contributed by atoms with E-state index in [1.54, 1.807) is 23.1 Å². The number of aryl methyl sites for hydroxylation is 1. The van der Waals surface area contributed by atoms with Gasteiger partial charge in [-0.2, -0.15) is 13.2 Å². The minimum Gasteiger partial charge on any atom is -0.324 e. The summed E-state index contributed by atoms with van der Waals surface area (Å²) in [5.74, 6) is -0.548. The number of alkyl halides is 3. The van der Waals surface area contributed by atoms with Crippen LogP contribution in [0.15, 0.2) is 72.9 Å². The molecule has 2 aliphatic rings. The lowest BCUT2D eigenvalue weighted by Gasteiger charge is -2.32. The van der Waals surface area contributed by atoms with E-state index in [4.69, 9.17) is 0 Å². The van der Waals surface area contributed by atoms with Crippen molar-refractivity contribution in [2.45, 2.75) is 26.1 Å². The van der Waals surface area contributed by atoms with Crippen LogP contribution in [0.25, 0.3) is 0 Å². The van der Waals surface area contributed by atoms with E-state index in [1.807, 2.05) is 19.1 Å². The average Bonchev–Trinajstić information content (AvgIpc) is 3.03. The lowest BCUT2D eigenvalue weighted by molar-refractivity contribution is -0.137. The molecule has 3 aromatic carbocycles. The third-order valence-corrected chi connectivity index (χ3v) is 8.31. The SMILES string of the molecule is Cc1ccc(NC(=O)c2cccc(C(F)(F)F)c2)cc1N1CCc2nc(Nc3cccc(CN4CCN(C)CC4)c3)ncc2C1=O. The van der Waals surface area contributed by atoms with Gasteiger partial charge in [0.1, 0.15) is 0 Å². The third-order valence-electron chi connectivity index (χ3n) is 8.31. The molecular weight excluding hydrogens is 595 g/mol. The van der Waals surface area contributed by atoms with Crippen LogP contribution in [0.3, 0.4) is 0 Å². The zero-order chi connectivity index (χ0) is 32.4. The summed E-state index contributed by atoms with van der Waals surface area (Å²) in [7, 11) is 2.14. The van der Waals surface area contributed by atoms with Crippen molar-refractivity contribution in [1.29, 1.82) is 0 Å². The van der Waals surface area contributed by atoms with Gasteiger partial charge < -0.3 is 20.4 Å². The van der Waals surface area contributed by atoms with Crippen molar-refractivity contribution in [3.8, 4) is 0 Å². The van der Waals surface area contributed by atoms with E-state index in [0.29, 0.717) is 41.5 Å². The number of likely N-dealkylation sites (N-methyl/N-ethyl adjacent to an activating group) is 1. The van der Waals surface area contributed by atoms with Crippen LogP contribution in [-0.4, -0.2) is 71.4 Å². The number of anilines is 4. The molecule has 238 valence electrons. The third kappa shape index (κ3) is 7.03. The number of aromatic nitrogens is 2. The summed E-state index contributed by atoms with van der Waals surface area (Å²) in [6.07, 6.45) is -2.54. The van der Waals surface area contributed by atoms with E-state index >= 15 is 0 Å². The monoisotopic (exact) mass is 629 g/mol. The Kier molecular flexibility index (Phi) is 8.74. The molecule has 0 aliphatic carbocycles. The molecule has 0 bridgehead atoms. The molecule has 0 spiro atoms. The number of hydrogen-bond donors (Lipinski definition) is 2. The second-order valence-electron chi connectivity index (χ2n) is 11.7. The number of benzene rings is 3. The fourth-order valence-electron chi connectivity index (χ4n) is 5.70. The van der Waals surface area contributed by atoms with E-state index < -0.39 is 17.6 Å². The molecule has 3 heterocycles. The van der Waals surface area contributed by atoms with E-state index in [2.05, 4.69) is 49.6 Å². The number of rotatable bonds is 7. The zero-order valence-electron chi connectivity index (χ0n) is 25.6. The van der Waals surface area contributed by atoms with Crippen molar-refractivity contribution in [3.63, 3.8) is 0 Å². The molecule has 1 fully saturated rings. The van der Waals surface area contributed by atoms with Gasteiger partial charge in [-0.25, -0.2) is 9.97 Å². The van der Waals surface area contributed by atoms with Crippen molar-refractivity contribution < 1.29 is 22.8 Å². The average molecular weight is 630 g/mol. The Morgan fingerprint density at radius 1 is 0.935 bits per heavy atom.